The number of hydrogen-bond acceptors (Lipinski definition) is 2. The summed E-state index contributed by atoms with van der Waals surface area (Å²) in [5, 5.41) is 0. The van der Waals surface area contributed by atoms with Crippen LogP contribution in [0.25, 0.3) is 0 Å². The molecule has 0 atom stereocenters. The van der Waals surface area contributed by atoms with E-state index in [2.05, 4.69) is 5.92 Å². The van der Waals surface area contributed by atoms with Crippen molar-refractivity contribution in [1.29, 1.82) is 0 Å². The maximum atomic E-state index is 11.7. The van der Waals surface area contributed by atoms with Crippen molar-refractivity contribution in [3.05, 3.63) is 29.3 Å². The van der Waals surface area contributed by atoms with E-state index in [1.54, 1.807) is 0 Å². The van der Waals surface area contributed by atoms with E-state index in [-0.39, 0.29) is 5.78 Å². The Balaban J connectivity index is 2.10. The number of Topliss-reactive ketones (excluding diaryl/α,β-unsaturated/α-hetero) is 1. The normalized spacial score (nSPS) is 13.9. The minimum Gasteiger partial charge on any atom is -0.493 e. The maximum absolute atomic E-state index is 11.7. The lowest BCUT2D eigenvalue weighted by Crippen LogP contribution is -2.12. The van der Waals surface area contributed by atoms with Crippen molar-refractivity contribution in [3.63, 3.8) is 0 Å². The van der Waals surface area contributed by atoms with E-state index in [1.165, 1.54) is 0 Å². The van der Waals surface area contributed by atoms with Gasteiger partial charge in [-0.25, -0.2) is 0 Å². The van der Waals surface area contributed by atoms with E-state index < -0.39 is 0 Å². The Hall–Kier alpha value is -1.75. The minimum absolute atomic E-state index is 0.236. The third-order valence-corrected chi connectivity index (χ3v) is 2.99. The lowest BCUT2D eigenvalue weighted by atomic mass is 9.90. The van der Waals surface area contributed by atoms with Crippen LogP contribution < -0.4 is 4.74 Å². The van der Waals surface area contributed by atoms with Crippen molar-refractivity contribution in [3.8, 4) is 18.1 Å². The summed E-state index contributed by atoms with van der Waals surface area (Å²) in [6.45, 7) is 0.620. The second kappa shape index (κ2) is 5.54. The highest BCUT2D eigenvalue weighted by Gasteiger charge is 2.19. The van der Waals surface area contributed by atoms with Crippen LogP contribution in [0.1, 0.15) is 41.6 Å². The first-order chi connectivity index (χ1) is 8.33. The molecule has 0 amide bonds. The van der Waals surface area contributed by atoms with Crippen LogP contribution in [0.5, 0.6) is 5.75 Å². The Labute approximate surface area is 102 Å². The molecule has 0 heterocycles. The van der Waals surface area contributed by atoms with Crippen molar-refractivity contribution in [2.45, 2.75) is 32.1 Å². The van der Waals surface area contributed by atoms with Gasteiger partial charge in [-0.2, -0.15) is 0 Å². The number of rotatable bonds is 4. The zero-order chi connectivity index (χ0) is 12.1. The molecule has 0 saturated carbocycles. The van der Waals surface area contributed by atoms with Crippen LogP contribution in [0, 0.1) is 12.3 Å². The molecule has 0 unspecified atom stereocenters. The van der Waals surface area contributed by atoms with Gasteiger partial charge in [-0.05, 0) is 25.3 Å². The molecule has 1 aromatic rings. The molecule has 1 aromatic carbocycles. The molecule has 1 aliphatic rings. The summed E-state index contributed by atoms with van der Waals surface area (Å²) < 4.78 is 5.71. The quantitative estimate of drug-likeness (QED) is 0.585. The Kier molecular flexibility index (Phi) is 3.82. The number of terminal acetylenes is 1. The van der Waals surface area contributed by atoms with Crippen LogP contribution in [0.3, 0.4) is 0 Å². The molecule has 0 aromatic heterocycles. The molecule has 0 fully saturated rings. The number of fused-ring (bicyclic) bond motifs is 1. The number of benzene rings is 1. The fraction of sp³-hybridized carbons (Fsp3) is 0.400. The predicted octanol–water partition coefficient (Wildman–Crippen LogP) is 3.00. The molecule has 0 radical (unpaired) electrons. The summed E-state index contributed by atoms with van der Waals surface area (Å²) in [5.74, 6) is 3.68. The highest BCUT2D eigenvalue weighted by Crippen LogP contribution is 2.29. The van der Waals surface area contributed by atoms with Crippen molar-refractivity contribution >= 4 is 5.78 Å². The first kappa shape index (κ1) is 11.7. The topological polar surface area (TPSA) is 26.3 Å². The number of unbranched alkanes of at least 4 members (excludes halogenated alkanes) is 1. The van der Waals surface area contributed by atoms with Crippen LogP contribution in [0.4, 0.5) is 0 Å². The molecule has 2 nitrogen and oxygen atoms in total. The Morgan fingerprint density at radius 1 is 1.35 bits per heavy atom. The SMILES string of the molecule is C#CCCCOc1cccc2c1CCCC2=O. The number of carbonyl (C=O) groups excluding carboxylic acids is 1. The summed E-state index contributed by atoms with van der Waals surface area (Å²) in [5.41, 5.74) is 1.91. The number of hydrogen-bond donors (Lipinski definition) is 0. The van der Waals surface area contributed by atoms with Gasteiger partial charge in [-0.3, -0.25) is 4.79 Å². The summed E-state index contributed by atoms with van der Waals surface area (Å²) in [4.78, 5) is 11.7. The zero-order valence-corrected chi connectivity index (χ0v) is 9.87. The predicted molar refractivity (Wildman–Crippen MR) is 67.3 cm³/mol. The number of ketones is 1. The Bertz CT molecular complexity index is 454. The van der Waals surface area contributed by atoms with Crippen molar-refractivity contribution < 1.29 is 9.53 Å². The monoisotopic (exact) mass is 228 g/mol. The molecule has 17 heavy (non-hydrogen) atoms. The molecule has 0 aliphatic heterocycles. The van der Waals surface area contributed by atoms with Gasteiger partial charge in [0.1, 0.15) is 5.75 Å². The number of carbonyl (C=O) groups is 1. The van der Waals surface area contributed by atoms with Crippen LogP contribution in [-0.4, -0.2) is 12.4 Å². The van der Waals surface area contributed by atoms with E-state index in [4.69, 9.17) is 11.2 Å². The molecule has 0 N–H and O–H groups in total. The maximum Gasteiger partial charge on any atom is 0.163 e. The Morgan fingerprint density at radius 3 is 3.06 bits per heavy atom. The third kappa shape index (κ3) is 2.68. The molecular formula is C15H16O2. The van der Waals surface area contributed by atoms with Crippen molar-refractivity contribution in [1.82, 2.24) is 0 Å². The summed E-state index contributed by atoms with van der Waals surface area (Å²) in [6, 6.07) is 5.72. The average molecular weight is 228 g/mol. The lowest BCUT2D eigenvalue weighted by Gasteiger charge is -2.18. The minimum atomic E-state index is 0.236. The molecule has 0 spiro atoms. The summed E-state index contributed by atoms with van der Waals surface area (Å²) in [7, 11) is 0. The van der Waals surface area contributed by atoms with Gasteiger partial charge in [0, 0.05) is 24.0 Å². The molecule has 0 saturated heterocycles. The van der Waals surface area contributed by atoms with Gasteiger partial charge in [0.15, 0.2) is 5.78 Å². The van der Waals surface area contributed by atoms with Gasteiger partial charge >= 0.3 is 0 Å². The standard InChI is InChI=1S/C15H16O2/c1-2-3-4-11-17-15-10-6-7-12-13(15)8-5-9-14(12)16/h1,6-7,10H,3-5,8-9,11H2. The molecule has 88 valence electrons. The lowest BCUT2D eigenvalue weighted by molar-refractivity contribution is 0.0971. The van der Waals surface area contributed by atoms with Gasteiger partial charge in [0.05, 0.1) is 6.61 Å². The summed E-state index contributed by atoms with van der Waals surface area (Å²) in [6.07, 6.45) is 9.30. The second-order valence-electron chi connectivity index (χ2n) is 4.22. The van der Waals surface area contributed by atoms with Crippen LogP contribution in [0.2, 0.25) is 0 Å². The highest BCUT2D eigenvalue weighted by atomic mass is 16.5. The van der Waals surface area contributed by atoms with Gasteiger partial charge in [0.2, 0.25) is 0 Å². The largest absolute Gasteiger partial charge is 0.493 e. The first-order valence-electron chi connectivity index (χ1n) is 6.04. The van der Waals surface area contributed by atoms with Gasteiger partial charge in [-0.15, -0.1) is 12.3 Å². The van der Waals surface area contributed by atoms with Crippen LogP contribution in [0.15, 0.2) is 18.2 Å². The second-order valence-corrected chi connectivity index (χ2v) is 4.22. The molecule has 0 bridgehead atoms. The van der Waals surface area contributed by atoms with Gasteiger partial charge in [0.25, 0.3) is 0 Å². The highest BCUT2D eigenvalue weighted by molar-refractivity contribution is 5.99. The molecular weight excluding hydrogens is 212 g/mol. The molecule has 2 rings (SSSR count). The smallest absolute Gasteiger partial charge is 0.163 e. The number of ether oxygens (including phenoxy) is 1. The van der Waals surface area contributed by atoms with E-state index in [1.807, 2.05) is 18.2 Å². The average Bonchev–Trinajstić information content (AvgIpc) is 2.36. The van der Waals surface area contributed by atoms with Crippen LogP contribution in [-0.2, 0) is 6.42 Å². The summed E-state index contributed by atoms with van der Waals surface area (Å²) >= 11 is 0. The fourth-order valence-electron chi connectivity index (χ4n) is 2.14. The van der Waals surface area contributed by atoms with E-state index in [0.717, 1.165) is 42.6 Å². The first-order valence-corrected chi connectivity index (χ1v) is 6.04. The molecule has 2 heteroatoms. The Morgan fingerprint density at radius 2 is 2.24 bits per heavy atom. The van der Waals surface area contributed by atoms with Crippen molar-refractivity contribution in [2.75, 3.05) is 6.61 Å². The van der Waals surface area contributed by atoms with Crippen molar-refractivity contribution in [2.24, 2.45) is 0 Å². The zero-order valence-electron chi connectivity index (χ0n) is 9.87. The van der Waals surface area contributed by atoms with E-state index in [9.17, 15) is 4.79 Å². The van der Waals surface area contributed by atoms with E-state index >= 15 is 0 Å². The van der Waals surface area contributed by atoms with Crippen LogP contribution >= 0.6 is 0 Å². The van der Waals surface area contributed by atoms with Gasteiger partial charge < -0.3 is 4.74 Å². The third-order valence-electron chi connectivity index (χ3n) is 2.99. The molecule has 1 aliphatic carbocycles. The fourth-order valence-corrected chi connectivity index (χ4v) is 2.14. The van der Waals surface area contributed by atoms with Gasteiger partial charge in [-0.1, -0.05) is 12.1 Å². The van der Waals surface area contributed by atoms with E-state index in [0.29, 0.717) is 13.0 Å².